The molecule has 12 heavy (non-hydrogen) atoms. The molecular formula is C9H13O2P. The Labute approximate surface area is 73.7 Å². The third-order valence-electron chi connectivity index (χ3n) is 1.43. The van der Waals surface area contributed by atoms with Crippen molar-refractivity contribution in [1.82, 2.24) is 0 Å². The highest BCUT2D eigenvalue weighted by Gasteiger charge is 2.07. The molecule has 3 heteroatoms. The van der Waals surface area contributed by atoms with Crippen LogP contribution in [0.2, 0.25) is 0 Å². The van der Waals surface area contributed by atoms with E-state index in [9.17, 15) is 4.79 Å². The Hall–Kier alpha value is -0.720. The molecule has 0 fully saturated rings. The standard InChI is InChI=1S/C9H11OP.H2O/c1-11(2)9(10)8-6-4-3-5-7-8;/h3-7H,1-2H3;1H2. The van der Waals surface area contributed by atoms with Crippen LogP contribution in [-0.4, -0.2) is 24.3 Å². The number of carbonyl (C=O) groups is 1. The first kappa shape index (κ1) is 11.3. The van der Waals surface area contributed by atoms with Crippen LogP contribution in [0.3, 0.4) is 0 Å². The zero-order valence-corrected chi connectivity index (χ0v) is 8.14. The van der Waals surface area contributed by atoms with E-state index in [1.54, 1.807) is 0 Å². The Bertz CT molecular complexity index is 244. The van der Waals surface area contributed by atoms with Crippen molar-refractivity contribution in [3.05, 3.63) is 35.9 Å². The van der Waals surface area contributed by atoms with Crippen molar-refractivity contribution in [3.8, 4) is 0 Å². The van der Waals surface area contributed by atoms with Gasteiger partial charge in [0.2, 0.25) is 0 Å². The van der Waals surface area contributed by atoms with Gasteiger partial charge in [-0.25, -0.2) is 0 Å². The molecular weight excluding hydrogens is 171 g/mol. The minimum atomic E-state index is -0.477. The van der Waals surface area contributed by atoms with Crippen molar-refractivity contribution in [2.24, 2.45) is 0 Å². The molecule has 0 aromatic heterocycles. The Morgan fingerprint density at radius 2 is 1.67 bits per heavy atom. The number of carbonyl (C=O) groups excluding carboxylic acids is 1. The summed E-state index contributed by atoms with van der Waals surface area (Å²) in [5.74, 6) is 0. The SMILES string of the molecule is CP(C)C(=O)c1ccccc1.O. The van der Waals surface area contributed by atoms with Gasteiger partial charge in [-0.1, -0.05) is 30.3 Å². The lowest BCUT2D eigenvalue weighted by atomic mass is 10.2. The van der Waals surface area contributed by atoms with Crippen molar-refractivity contribution in [2.75, 3.05) is 13.3 Å². The molecule has 1 aromatic carbocycles. The van der Waals surface area contributed by atoms with E-state index in [0.29, 0.717) is 0 Å². The molecule has 2 nitrogen and oxygen atoms in total. The van der Waals surface area contributed by atoms with Gasteiger partial charge in [0.25, 0.3) is 0 Å². The number of benzene rings is 1. The van der Waals surface area contributed by atoms with Gasteiger partial charge in [-0.15, -0.1) is 0 Å². The van der Waals surface area contributed by atoms with Crippen molar-refractivity contribution in [3.63, 3.8) is 0 Å². The average Bonchev–Trinajstić information content (AvgIpc) is 2.05. The predicted molar refractivity (Wildman–Crippen MR) is 53.2 cm³/mol. The second kappa shape index (κ2) is 5.02. The molecule has 0 aliphatic heterocycles. The molecule has 0 saturated carbocycles. The van der Waals surface area contributed by atoms with Gasteiger partial charge in [0.05, 0.1) is 0 Å². The van der Waals surface area contributed by atoms with Gasteiger partial charge < -0.3 is 5.48 Å². The third-order valence-corrected chi connectivity index (χ3v) is 2.50. The Kier molecular flexibility index (Phi) is 4.72. The average molecular weight is 184 g/mol. The molecule has 0 spiro atoms. The maximum Gasteiger partial charge on any atom is 0.183 e. The normalized spacial score (nSPS) is 9.25. The number of rotatable bonds is 2. The second-order valence-corrected chi connectivity index (χ2v) is 4.76. The highest BCUT2D eigenvalue weighted by molar-refractivity contribution is 7.74. The topological polar surface area (TPSA) is 48.6 Å². The fourth-order valence-corrected chi connectivity index (χ4v) is 1.50. The molecule has 66 valence electrons. The molecule has 1 aromatic rings. The second-order valence-electron chi connectivity index (χ2n) is 2.57. The first-order chi connectivity index (χ1) is 5.22. The summed E-state index contributed by atoms with van der Waals surface area (Å²) in [5.41, 5.74) is 1.12. The Morgan fingerprint density at radius 1 is 1.17 bits per heavy atom. The van der Waals surface area contributed by atoms with Crippen molar-refractivity contribution in [2.45, 2.75) is 0 Å². The van der Waals surface area contributed by atoms with E-state index in [4.69, 9.17) is 0 Å². The highest BCUT2D eigenvalue weighted by atomic mass is 31.1. The van der Waals surface area contributed by atoms with Crippen LogP contribution in [0, 0.1) is 0 Å². The van der Waals surface area contributed by atoms with Gasteiger partial charge in [-0.2, -0.15) is 0 Å². The zero-order chi connectivity index (χ0) is 8.27. The maximum atomic E-state index is 11.4. The van der Waals surface area contributed by atoms with Gasteiger partial charge in [0, 0.05) is 5.56 Å². The van der Waals surface area contributed by atoms with Crippen LogP contribution in [0.1, 0.15) is 10.4 Å². The lowest BCUT2D eigenvalue weighted by molar-refractivity contribution is 0.108. The van der Waals surface area contributed by atoms with Crippen molar-refractivity contribution in [1.29, 1.82) is 0 Å². The Morgan fingerprint density at radius 3 is 2.08 bits per heavy atom. The van der Waals surface area contributed by atoms with Crippen LogP contribution in [0.5, 0.6) is 0 Å². The van der Waals surface area contributed by atoms with Gasteiger partial charge >= 0.3 is 0 Å². The first-order valence-corrected chi connectivity index (χ1v) is 5.72. The van der Waals surface area contributed by atoms with Crippen LogP contribution in [0.15, 0.2) is 30.3 Å². The van der Waals surface area contributed by atoms with Gasteiger partial charge in [-0.05, 0) is 21.3 Å². The quantitative estimate of drug-likeness (QED) is 0.646. The smallest absolute Gasteiger partial charge is 0.183 e. The molecule has 0 heterocycles. The molecule has 1 rings (SSSR count). The summed E-state index contributed by atoms with van der Waals surface area (Å²) in [6, 6.07) is 9.44. The van der Waals surface area contributed by atoms with E-state index >= 15 is 0 Å². The monoisotopic (exact) mass is 184 g/mol. The van der Waals surface area contributed by atoms with Crippen LogP contribution in [0.4, 0.5) is 0 Å². The molecule has 0 radical (unpaired) electrons. The molecule has 0 atom stereocenters. The number of hydrogen-bond acceptors (Lipinski definition) is 1. The fourth-order valence-electron chi connectivity index (χ4n) is 0.839. The van der Waals surface area contributed by atoms with Crippen LogP contribution in [0.25, 0.3) is 0 Å². The van der Waals surface area contributed by atoms with E-state index in [-0.39, 0.29) is 11.0 Å². The largest absolute Gasteiger partial charge is 0.412 e. The van der Waals surface area contributed by atoms with Crippen molar-refractivity contribution < 1.29 is 10.3 Å². The lowest BCUT2D eigenvalue weighted by Crippen LogP contribution is -1.93. The van der Waals surface area contributed by atoms with Crippen LogP contribution >= 0.6 is 7.92 Å². The van der Waals surface area contributed by atoms with Crippen LogP contribution < -0.4 is 0 Å². The van der Waals surface area contributed by atoms with Crippen molar-refractivity contribution >= 4 is 13.4 Å². The van der Waals surface area contributed by atoms with E-state index in [1.165, 1.54) is 0 Å². The molecule has 2 N–H and O–H groups in total. The van der Waals surface area contributed by atoms with Crippen LogP contribution in [-0.2, 0) is 0 Å². The summed E-state index contributed by atoms with van der Waals surface area (Å²) >= 11 is 0. The van der Waals surface area contributed by atoms with E-state index in [0.717, 1.165) is 5.56 Å². The zero-order valence-electron chi connectivity index (χ0n) is 7.24. The molecule has 0 unspecified atom stereocenters. The fraction of sp³-hybridized carbons (Fsp3) is 0.222. The van der Waals surface area contributed by atoms with E-state index < -0.39 is 7.92 Å². The number of hydrogen-bond donors (Lipinski definition) is 0. The third kappa shape index (κ3) is 2.72. The summed E-state index contributed by atoms with van der Waals surface area (Å²) in [6.07, 6.45) is 0. The Balaban J connectivity index is 0.00000121. The van der Waals surface area contributed by atoms with Gasteiger partial charge in [-0.3, -0.25) is 4.79 Å². The molecule has 0 aliphatic carbocycles. The highest BCUT2D eigenvalue weighted by Crippen LogP contribution is 2.29. The molecule has 0 bridgehead atoms. The summed E-state index contributed by atoms with van der Waals surface area (Å²) in [7, 11) is -0.477. The van der Waals surface area contributed by atoms with Gasteiger partial charge in [0.15, 0.2) is 5.52 Å². The van der Waals surface area contributed by atoms with Gasteiger partial charge in [0.1, 0.15) is 0 Å². The minimum Gasteiger partial charge on any atom is -0.412 e. The molecule has 0 saturated heterocycles. The summed E-state index contributed by atoms with van der Waals surface area (Å²) < 4.78 is 0. The molecule has 0 aliphatic rings. The van der Waals surface area contributed by atoms with E-state index in [2.05, 4.69) is 0 Å². The maximum absolute atomic E-state index is 11.4. The summed E-state index contributed by atoms with van der Waals surface area (Å²) in [5, 5.41) is 0. The molecule has 0 amide bonds. The summed E-state index contributed by atoms with van der Waals surface area (Å²) in [4.78, 5) is 11.4. The first-order valence-electron chi connectivity index (χ1n) is 3.48. The van der Waals surface area contributed by atoms with E-state index in [1.807, 2.05) is 43.7 Å². The lowest BCUT2D eigenvalue weighted by Gasteiger charge is -2.02. The summed E-state index contributed by atoms with van der Waals surface area (Å²) in [6.45, 7) is 3.95. The predicted octanol–water partition coefficient (Wildman–Crippen LogP) is 1.74. The minimum absolute atomic E-state index is 0.